The first-order chi connectivity index (χ1) is 20.9. The van der Waals surface area contributed by atoms with Gasteiger partial charge in [0, 0.05) is 16.5 Å². The molecule has 3 fully saturated rings. The number of ether oxygens (including phenoxy) is 1. The first kappa shape index (κ1) is 25.7. The lowest BCUT2D eigenvalue weighted by molar-refractivity contribution is -0.124. The highest BCUT2D eigenvalue weighted by atomic mass is 19.1. The number of para-hydroxylation sites is 1. The van der Waals surface area contributed by atoms with Gasteiger partial charge in [0.25, 0.3) is 0 Å². The third kappa shape index (κ3) is 4.04. The average Bonchev–Trinajstić information content (AvgIpc) is 3.82. The Hall–Kier alpha value is -4.98. The quantitative estimate of drug-likeness (QED) is 0.129. The summed E-state index contributed by atoms with van der Waals surface area (Å²) in [6.07, 6.45) is 5.43. The van der Waals surface area contributed by atoms with Gasteiger partial charge < -0.3 is 4.74 Å². The number of allylic oxidation sites excluding steroid dienone is 2. The Bertz CT molecular complexity index is 1850. The van der Waals surface area contributed by atoms with E-state index >= 15 is 0 Å². The van der Waals surface area contributed by atoms with Crippen LogP contribution in [-0.4, -0.2) is 35.2 Å². The smallest absolute Gasteiger partial charge is 0.339 e. The number of hydrogen-bond acceptors (Lipinski definition) is 6. The van der Waals surface area contributed by atoms with Gasteiger partial charge >= 0.3 is 5.97 Å². The van der Waals surface area contributed by atoms with Crippen molar-refractivity contribution < 1.29 is 28.3 Å². The van der Waals surface area contributed by atoms with Crippen LogP contribution in [0.4, 0.5) is 10.1 Å². The number of pyridine rings is 1. The van der Waals surface area contributed by atoms with Crippen LogP contribution in [-0.2, 0) is 14.3 Å². The molecule has 7 nitrogen and oxygen atoms in total. The second-order valence-corrected chi connectivity index (χ2v) is 11.8. The van der Waals surface area contributed by atoms with Crippen molar-refractivity contribution in [2.45, 2.75) is 6.42 Å². The normalized spacial score (nSPS) is 26.4. The van der Waals surface area contributed by atoms with Gasteiger partial charge in [0.15, 0.2) is 12.4 Å². The van der Waals surface area contributed by atoms with Gasteiger partial charge in [-0.1, -0.05) is 42.5 Å². The van der Waals surface area contributed by atoms with Crippen molar-refractivity contribution in [2.24, 2.45) is 35.5 Å². The summed E-state index contributed by atoms with van der Waals surface area (Å²) in [6, 6.07) is 20.8. The SMILES string of the molecule is O=C(COC(=O)c1cc(-c2ccc(N3C(=O)C4C5C=CC(C6CC56)C4C3=O)cc2)nc2ccccc12)c1ccc(F)cc1. The third-order valence-corrected chi connectivity index (χ3v) is 9.52. The van der Waals surface area contributed by atoms with Gasteiger partial charge in [-0.2, -0.15) is 0 Å². The number of halogens is 1. The molecule has 1 aliphatic heterocycles. The Morgan fingerprint density at radius 3 is 2.19 bits per heavy atom. The summed E-state index contributed by atoms with van der Waals surface area (Å²) in [5.41, 5.74) is 2.76. The summed E-state index contributed by atoms with van der Waals surface area (Å²) < 4.78 is 18.6. The van der Waals surface area contributed by atoms with Crippen molar-refractivity contribution in [3.05, 3.63) is 108 Å². The van der Waals surface area contributed by atoms with Crippen molar-refractivity contribution in [1.29, 1.82) is 0 Å². The van der Waals surface area contributed by atoms with Crippen LogP contribution in [0.5, 0.6) is 0 Å². The van der Waals surface area contributed by atoms with Gasteiger partial charge in [-0.15, -0.1) is 0 Å². The molecule has 9 rings (SSSR count). The van der Waals surface area contributed by atoms with Crippen LogP contribution >= 0.6 is 0 Å². The zero-order chi connectivity index (χ0) is 29.4. The first-order valence-corrected chi connectivity index (χ1v) is 14.4. The van der Waals surface area contributed by atoms with Gasteiger partial charge in [0.05, 0.1) is 34.3 Å². The molecule has 0 N–H and O–H groups in total. The van der Waals surface area contributed by atoms with Crippen LogP contribution in [0.3, 0.4) is 0 Å². The number of rotatable bonds is 6. The minimum Gasteiger partial charge on any atom is -0.454 e. The molecule has 0 spiro atoms. The van der Waals surface area contributed by atoms with E-state index in [1.807, 2.05) is 6.07 Å². The van der Waals surface area contributed by atoms with E-state index in [1.165, 1.54) is 29.2 Å². The summed E-state index contributed by atoms with van der Waals surface area (Å²) >= 11 is 0. The van der Waals surface area contributed by atoms with E-state index in [4.69, 9.17) is 9.72 Å². The third-order valence-electron chi connectivity index (χ3n) is 9.52. The molecule has 6 unspecified atom stereocenters. The van der Waals surface area contributed by atoms with Gasteiger partial charge in [-0.05, 0) is 78.6 Å². The van der Waals surface area contributed by atoms with E-state index in [0.717, 1.165) is 6.42 Å². The lowest BCUT2D eigenvalue weighted by Crippen LogP contribution is -2.40. The first-order valence-electron chi connectivity index (χ1n) is 14.4. The molecule has 212 valence electrons. The zero-order valence-corrected chi connectivity index (χ0v) is 22.9. The monoisotopic (exact) mass is 572 g/mol. The Morgan fingerprint density at radius 1 is 0.860 bits per heavy atom. The molecular formula is C35H25FN2O5. The molecule has 2 bridgehead atoms. The molecule has 1 aromatic heterocycles. The summed E-state index contributed by atoms with van der Waals surface area (Å²) in [7, 11) is 0. The molecule has 3 aromatic carbocycles. The van der Waals surface area contributed by atoms with Crippen molar-refractivity contribution >= 4 is 40.2 Å². The molecule has 0 radical (unpaired) electrons. The molecule has 2 amide bonds. The van der Waals surface area contributed by atoms with Crippen molar-refractivity contribution in [3.8, 4) is 11.3 Å². The Labute approximate surface area is 246 Å². The summed E-state index contributed by atoms with van der Waals surface area (Å²) in [5, 5.41) is 0.569. The van der Waals surface area contributed by atoms with Crippen LogP contribution in [0, 0.1) is 41.3 Å². The van der Waals surface area contributed by atoms with E-state index in [1.54, 1.807) is 48.5 Å². The number of benzene rings is 3. The predicted molar refractivity (Wildman–Crippen MR) is 155 cm³/mol. The highest BCUT2D eigenvalue weighted by Gasteiger charge is 2.67. The molecule has 43 heavy (non-hydrogen) atoms. The maximum absolute atomic E-state index is 13.5. The van der Waals surface area contributed by atoms with Crippen molar-refractivity contribution in [3.63, 3.8) is 0 Å². The Kier molecular flexibility index (Phi) is 5.69. The van der Waals surface area contributed by atoms with Gasteiger partial charge in [-0.3, -0.25) is 19.3 Å². The molecule has 2 saturated carbocycles. The predicted octanol–water partition coefficient (Wildman–Crippen LogP) is 5.64. The highest BCUT2D eigenvalue weighted by Crippen LogP contribution is 2.65. The minimum atomic E-state index is -0.691. The van der Waals surface area contributed by atoms with E-state index in [-0.39, 0.29) is 46.6 Å². The number of carbonyl (C=O) groups excluding carboxylic acids is 4. The largest absolute Gasteiger partial charge is 0.454 e. The fourth-order valence-corrected chi connectivity index (χ4v) is 7.41. The van der Waals surface area contributed by atoms with Crippen LogP contribution < -0.4 is 4.90 Å². The maximum atomic E-state index is 13.5. The molecule has 8 heteroatoms. The standard InChI is InChI=1S/C35H25FN2O5/c36-20-9-5-19(6-10-20)30(39)17-43-35(42)27-16-29(37-28-4-2-1-3-22(27)28)18-7-11-21(12-8-18)38-33(40)31-23-13-14-24(26-15-25(23)26)32(31)34(38)41/h1-14,16,23-26,31-32H,15,17H2. The number of amides is 2. The number of esters is 1. The number of hydrogen-bond donors (Lipinski definition) is 0. The fraction of sp³-hybridized carbons (Fsp3) is 0.229. The van der Waals surface area contributed by atoms with Gasteiger partial charge in [-0.25, -0.2) is 14.2 Å². The Morgan fingerprint density at radius 2 is 1.51 bits per heavy atom. The maximum Gasteiger partial charge on any atom is 0.339 e. The topological polar surface area (TPSA) is 93.6 Å². The van der Waals surface area contributed by atoms with E-state index in [0.29, 0.717) is 39.7 Å². The number of ketones is 1. The van der Waals surface area contributed by atoms with Gasteiger partial charge in [0.1, 0.15) is 5.82 Å². The second kappa shape index (κ2) is 9.52. The van der Waals surface area contributed by atoms with Gasteiger partial charge in [0.2, 0.25) is 11.8 Å². The molecule has 5 aliphatic rings. The van der Waals surface area contributed by atoms with Crippen LogP contribution in [0.2, 0.25) is 0 Å². The lowest BCUT2D eigenvalue weighted by Gasteiger charge is -2.37. The van der Waals surface area contributed by atoms with Crippen LogP contribution in [0.1, 0.15) is 27.1 Å². The zero-order valence-electron chi connectivity index (χ0n) is 22.9. The molecule has 4 aromatic rings. The molecule has 6 atom stereocenters. The number of nitrogens with zero attached hydrogens (tertiary/aromatic N) is 2. The van der Waals surface area contributed by atoms with Crippen molar-refractivity contribution in [1.82, 2.24) is 4.98 Å². The number of anilines is 1. The van der Waals surface area contributed by atoms with Crippen LogP contribution in [0.15, 0.2) is 91.0 Å². The number of imide groups is 1. The highest BCUT2D eigenvalue weighted by molar-refractivity contribution is 6.22. The number of Topliss-reactive ketones (excluding diaryl/α,β-unsaturated/α-hetero) is 1. The lowest BCUT2D eigenvalue weighted by atomic mass is 9.63. The second-order valence-electron chi connectivity index (χ2n) is 11.8. The molecule has 1 saturated heterocycles. The summed E-state index contributed by atoms with van der Waals surface area (Å²) in [4.78, 5) is 58.8. The van der Waals surface area contributed by atoms with E-state index < -0.39 is 24.2 Å². The minimum absolute atomic E-state index is 0.114. The van der Waals surface area contributed by atoms with Crippen molar-refractivity contribution in [2.75, 3.05) is 11.5 Å². The molecule has 2 heterocycles. The summed E-state index contributed by atoms with van der Waals surface area (Å²) in [5.74, 6) is -0.972. The number of fused-ring (bicyclic) bond motifs is 1. The number of aromatic nitrogens is 1. The van der Waals surface area contributed by atoms with Crippen LogP contribution in [0.25, 0.3) is 22.2 Å². The molecule has 4 aliphatic carbocycles. The molecular weight excluding hydrogens is 547 g/mol. The summed E-state index contributed by atoms with van der Waals surface area (Å²) in [6.45, 7) is -0.496. The Balaban J connectivity index is 1.06. The average molecular weight is 573 g/mol. The van der Waals surface area contributed by atoms with E-state index in [2.05, 4.69) is 12.2 Å². The fourth-order valence-electron chi connectivity index (χ4n) is 7.41. The van der Waals surface area contributed by atoms with E-state index in [9.17, 15) is 23.6 Å². The number of carbonyl (C=O) groups is 4.